The Morgan fingerprint density at radius 2 is 2.00 bits per heavy atom. The highest BCUT2D eigenvalue weighted by Crippen LogP contribution is 2.22. The lowest BCUT2D eigenvalue weighted by molar-refractivity contribution is -0.123. The molecule has 3 nitrogen and oxygen atoms in total. The molecule has 0 atom stereocenters. The van der Waals surface area contributed by atoms with Gasteiger partial charge in [0.2, 0.25) is 6.41 Å². The van der Waals surface area contributed by atoms with E-state index in [4.69, 9.17) is 4.84 Å². The number of aryl methyl sites for hydroxylation is 1. The van der Waals surface area contributed by atoms with Crippen molar-refractivity contribution in [3.8, 4) is 0 Å². The third-order valence-corrected chi connectivity index (χ3v) is 2.53. The van der Waals surface area contributed by atoms with E-state index in [0.717, 1.165) is 12.8 Å². The van der Waals surface area contributed by atoms with E-state index in [1.807, 2.05) is 18.2 Å². The maximum Gasteiger partial charge on any atom is 0.230 e. The van der Waals surface area contributed by atoms with Crippen LogP contribution in [-0.4, -0.2) is 13.0 Å². The number of carbonyl (C=O) groups is 1. The molecule has 0 heterocycles. The van der Waals surface area contributed by atoms with Crippen LogP contribution in [0, 0.1) is 5.41 Å². The van der Waals surface area contributed by atoms with Gasteiger partial charge in [-0.15, -0.1) is 0 Å². The number of carbonyl (C=O) groups excluding carboxylic acids is 1. The molecule has 0 saturated carbocycles. The third kappa shape index (κ3) is 4.94. The summed E-state index contributed by atoms with van der Waals surface area (Å²) in [6.45, 7) is 4.78. The van der Waals surface area contributed by atoms with Gasteiger partial charge in [0.25, 0.3) is 0 Å². The highest BCUT2D eigenvalue weighted by molar-refractivity contribution is 5.43. The van der Waals surface area contributed by atoms with Gasteiger partial charge >= 0.3 is 0 Å². The van der Waals surface area contributed by atoms with Crippen molar-refractivity contribution in [2.24, 2.45) is 5.41 Å². The normalized spacial score (nSPS) is 11.1. The maximum atomic E-state index is 10.0. The molecule has 0 fully saturated rings. The molecule has 0 spiro atoms. The van der Waals surface area contributed by atoms with E-state index >= 15 is 0 Å². The predicted molar refractivity (Wildman–Crippen MR) is 63.7 cm³/mol. The number of hydroxylamine groups is 1. The Morgan fingerprint density at radius 3 is 2.62 bits per heavy atom. The molecule has 0 aliphatic heterocycles. The molecule has 0 bridgehead atoms. The highest BCUT2D eigenvalue weighted by Gasteiger charge is 2.18. The zero-order valence-electron chi connectivity index (χ0n) is 9.90. The van der Waals surface area contributed by atoms with Crippen molar-refractivity contribution in [2.75, 3.05) is 6.61 Å². The molecule has 0 saturated heterocycles. The van der Waals surface area contributed by atoms with Crippen LogP contribution in [-0.2, 0) is 16.1 Å². The summed E-state index contributed by atoms with van der Waals surface area (Å²) in [5.74, 6) is 0. The van der Waals surface area contributed by atoms with Gasteiger partial charge in [-0.1, -0.05) is 44.2 Å². The summed E-state index contributed by atoms with van der Waals surface area (Å²) < 4.78 is 0. The minimum absolute atomic E-state index is 0.0614. The molecule has 0 unspecified atom stereocenters. The number of rotatable bonds is 7. The molecule has 0 aliphatic carbocycles. The molecular formula is C13H19NO2. The van der Waals surface area contributed by atoms with Crippen LogP contribution in [0.4, 0.5) is 0 Å². The van der Waals surface area contributed by atoms with E-state index < -0.39 is 0 Å². The fourth-order valence-corrected chi connectivity index (χ4v) is 1.47. The molecule has 1 rings (SSSR count). The third-order valence-electron chi connectivity index (χ3n) is 2.53. The van der Waals surface area contributed by atoms with Crippen LogP contribution in [0.15, 0.2) is 30.3 Å². The van der Waals surface area contributed by atoms with E-state index in [1.165, 1.54) is 5.56 Å². The van der Waals surface area contributed by atoms with Crippen LogP contribution < -0.4 is 5.48 Å². The molecule has 0 aliphatic rings. The number of benzene rings is 1. The molecule has 0 aromatic heterocycles. The van der Waals surface area contributed by atoms with E-state index in [1.54, 1.807) is 0 Å². The minimum atomic E-state index is 0.0614. The monoisotopic (exact) mass is 221 g/mol. The van der Waals surface area contributed by atoms with E-state index in [0.29, 0.717) is 13.0 Å². The van der Waals surface area contributed by atoms with Crippen molar-refractivity contribution < 1.29 is 9.63 Å². The van der Waals surface area contributed by atoms with Crippen LogP contribution in [0.1, 0.15) is 25.8 Å². The molecule has 16 heavy (non-hydrogen) atoms. The number of hydrogen-bond acceptors (Lipinski definition) is 2. The van der Waals surface area contributed by atoms with Crippen molar-refractivity contribution in [1.29, 1.82) is 0 Å². The Kier molecular flexibility index (Phi) is 4.99. The lowest BCUT2D eigenvalue weighted by atomic mass is 9.87. The average Bonchev–Trinajstić information content (AvgIpc) is 2.28. The summed E-state index contributed by atoms with van der Waals surface area (Å²) in [6.07, 6.45) is 2.60. The van der Waals surface area contributed by atoms with Gasteiger partial charge < -0.3 is 0 Å². The van der Waals surface area contributed by atoms with Gasteiger partial charge in [0, 0.05) is 0 Å². The second-order valence-corrected chi connectivity index (χ2v) is 4.67. The van der Waals surface area contributed by atoms with Crippen LogP contribution in [0.5, 0.6) is 0 Å². The van der Waals surface area contributed by atoms with Crippen molar-refractivity contribution in [3.63, 3.8) is 0 Å². The average molecular weight is 221 g/mol. The molecule has 0 radical (unpaired) electrons. The summed E-state index contributed by atoms with van der Waals surface area (Å²) in [6, 6.07) is 10.4. The minimum Gasteiger partial charge on any atom is -0.277 e. The lowest BCUT2D eigenvalue weighted by Gasteiger charge is -2.23. The van der Waals surface area contributed by atoms with Crippen molar-refractivity contribution in [3.05, 3.63) is 35.9 Å². The van der Waals surface area contributed by atoms with Gasteiger partial charge in [-0.3, -0.25) is 9.63 Å². The topological polar surface area (TPSA) is 38.3 Å². The van der Waals surface area contributed by atoms with Crippen LogP contribution >= 0.6 is 0 Å². The van der Waals surface area contributed by atoms with Crippen molar-refractivity contribution in [1.82, 2.24) is 5.48 Å². The summed E-state index contributed by atoms with van der Waals surface area (Å²) >= 11 is 0. The Labute approximate surface area is 96.8 Å². The van der Waals surface area contributed by atoms with E-state index in [2.05, 4.69) is 31.5 Å². The number of nitrogens with one attached hydrogen (secondary N) is 1. The van der Waals surface area contributed by atoms with Crippen molar-refractivity contribution in [2.45, 2.75) is 26.7 Å². The van der Waals surface area contributed by atoms with Gasteiger partial charge in [0.15, 0.2) is 0 Å². The SMILES string of the molecule is CC(C)(CCc1ccccc1)CONC=O. The molecule has 3 heteroatoms. The number of hydrogen-bond donors (Lipinski definition) is 1. The number of amides is 1. The molecule has 1 N–H and O–H groups in total. The summed E-state index contributed by atoms with van der Waals surface area (Å²) in [5, 5.41) is 0. The smallest absolute Gasteiger partial charge is 0.230 e. The molecule has 1 aromatic rings. The lowest BCUT2D eigenvalue weighted by Crippen LogP contribution is -2.25. The summed E-state index contributed by atoms with van der Waals surface area (Å²) in [5.41, 5.74) is 3.62. The first-order chi connectivity index (χ1) is 7.64. The first-order valence-corrected chi connectivity index (χ1v) is 5.49. The quantitative estimate of drug-likeness (QED) is 0.436. The Bertz CT molecular complexity index is 309. The zero-order valence-corrected chi connectivity index (χ0v) is 9.90. The molecule has 88 valence electrons. The van der Waals surface area contributed by atoms with E-state index in [-0.39, 0.29) is 5.41 Å². The fourth-order valence-electron chi connectivity index (χ4n) is 1.47. The molecular weight excluding hydrogens is 202 g/mol. The van der Waals surface area contributed by atoms with Gasteiger partial charge in [0.05, 0.1) is 6.61 Å². The Hall–Kier alpha value is -1.35. The van der Waals surface area contributed by atoms with E-state index in [9.17, 15) is 4.79 Å². The zero-order chi connectivity index (χ0) is 11.9. The van der Waals surface area contributed by atoms with Gasteiger partial charge in [-0.2, -0.15) is 0 Å². The van der Waals surface area contributed by atoms with Crippen LogP contribution in [0.2, 0.25) is 0 Å². The van der Waals surface area contributed by atoms with Crippen LogP contribution in [0.3, 0.4) is 0 Å². The Morgan fingerprint density at radius 1 is 1.31 bits per heavy atom. The largest absolute Gasteiger partial charge is 0.277 e. The summed E-state index contributed by atoms with van der Waals surface area (Å²) in [7, 11) is 0. The second kappa shape index (κ2) is 6.28. The first-order valence-electron chi connectivity index (χ1n) is 5.49. The predicted octanol–water partition coefficient (Wildman–Crippen LogP) is 2.32. The van der Waals surface area contributed by atoms with Gasteiger partial charge in [-0.25, -0.2) is 5.48 Å². The van der Waals surface area contributed by atoms with Crippen LogP contribution in [0.25, 0.3) is 0 Å². The fraction of sp³-hybridized carbons (Fsp3) is 0.462. The summed E-state index contributed by atoms with van der Waals surface area (Å²) in [4.78, 5) is 15.1. The highest BCUT2D eigenvalue weighted by atomic mass is 16.6. The van der Waals surface area contributed by atoms with Gasteiger partial charge in [-0.05, 0) is 23.8 Å². The standard InChI is InChI=1S/C13H19NO2/c1-13(2,10-16-14-11-15)9-8-12-6-4-3-5-7-12/h3-7,11H,8-10H2,1-2H3,(H,14,15). The second-order valence-electron chi connectivity index (χ2n) is 4.67. The first kappa shape index (κ1) is 12.7. The van der Waals surface area contributed by atoms with Gasteiger partial charge in [0.1, 0.15) is 0 Å². The maximum absolute atomic E-state index is 10.0. The Balaban J connectivity index is 2.32. The van der Waals surface area contributed by atoms with Crippen molar-refractivity contribution >= 4 is 6.41 Å². The molecule has 1 aromatic carbocycles. The molecule has 1 amide bonds.